The van der Waals surface area contributed by atoms with Gasteiger partial charge in [0, 0.05) is 4.88 Å². The Hall–Kier alpha value is -0.420. The van der Waals surface area contributed by atoms with Crippen LogP contribution in [0.15, 0.2) is 34.8 Å². The Morgan fingerprint density at radius 2 is 2.17 bits per heavy atom. The minimum atomic E-state index is -0.252. The highest BCUT2D eigenvalue weighted by Crippen LogP contribution is 2.35. The largest absolute Gasteiger partial charge is 0.306 e. The van der Waals surface area contributed by atoms with E-state index in [0.29, 0.717) is 4.47 Å². The van der Waals surface area contributed by atoms with Crippen LogP contribution < -0.4 is 5.32 Å². The van der Waals surface area contributed by atoms with Gasteiger partial charge >= 0.3 is 0 Å². The van der Waals surface area contributed by atoms with Crippen LogP contribution in [0.25, 0.3) is 0 Å². The summed E-state index contributed by atoms with van der Waals surface area (Å²) in [6.07, 6.45) is 0. The fraction of sp³-hybridized carbons (Fsp3) is 0.231. The molecule has 1 N–H and O–H groups in total. The van der Waals surface area contributed by atoms with E-state index in [4.69, 9.17) is 11.6 Å². The van der Waals surface area contributed by atoms with E-state index in [1.165, 1.54) is 17.4 Å². The third-order valence-electron chi connectivity index (χ3n) is 2.58. The topological polar surface area (TPSA) is 12.0 Å². The molecule has 1 nitrogen and oxygen atoms in total. The first kappa shape index (κ1) is 14.0. The van der Waals surface area contributed by atoms with Crippen molar-refractivity contribution in [2.24, 2.45) is 0 Å². The maximum absolute atomic E-state index is 13.6. The molecule has 1 heterocycles. The van der Waals surface area contributed by atoms with Crippen molar-refractivity contribution in [3.05, 3.63) is 55.4 Å². The molecule has 1 atom stereocenters. The van der Waals surface area contributed by atoms with E-state index in [1.807, 2.05) is 25.1 Å². The van der Waals surface area contributed by atoms with Crippen molar-refractivity contribution in [2.45, 2.75) is 13.0 Å². The summed E-state index contributed by atoms with van der Waals surface area (Å²) in [6.45, 7) is 2.82. The molecule has 0 aliphatic carbocycles. The van der Waals surface area contributed by atoms with Gasteiger partial charge in [-0.25, -0.2) is 4.39 Å². The summed E-state index contributed by atoms with van der Waals surface area (Å²) in [5.74, 6) is -0.252. The second-order valence-corrected chi connectivity index (χ2v) is 6.32. The number of hydrogen-bond donors (Lipinski definition) is 1. The first-order valence-electron chi connectivity index (χ1n) is 5.56. The molecule has 0 radical (unpaired) electrons. The van der Waals surface area contributed by atoms with Crippen molar-refractivity contribution < 1.29 is 4.39 Å². The monoisotopic (exact) mass is 347 g/mol. The van der Waals surface area contributed by atoms with Gasteiger partial charge in [-0.2, -0.15) is 0 Å². The summed E-state index contributed by atoms with van der Waals surface area (Å²) in [7, 11) is 0. The molecule has 0 aliphatic heterocycles. The molecule has 0 saturated heterocycles. The highest BCUT2D eigenvalue weighted by Gasteiger charge is 2.19. The van der Waals surface area contributed by atoms with Gasteiger partial charge in [-0.15, -0.1) is 11.3 Å². The summed E-state index contributed by atoms with van der Waals surface area (Å²) in [5.41, 5.74) is 0.885. The quantitative estimate of drug-likeness (QED) is 0.819. The fourth-order valence-electron chi connectivity index (χ4n) is 1.79. The van der Waals surface area contributed by atoms with Crippen molar-refractivity contribution >= 4 is 38.9 Å². The van der Waals surface area contributed by atoms with Crippen molar-refractivity contribution in [3.8, 4) is 0 Å². The van der Waals surface area contributed by atoms with Gasteiger partial charge in [0.15, 0.2) is 0 Å². The number of benzene rings is 1. The van der Waals surface area contributed by atoms with Crippen LogP contribution in [-0.2, 0) is 0 Å². The summed E-state index contributed by atoms with van der Waals surface area (Å²) in [6, 6.07) is 8.86. The Morgan fingerprint density at radius 3 is 2.78 bits per heavy atom. The molecule has 96 valence electrons. The van der Waals surface area contributed by atoms with Gasteiger partial charge < -0.3 is 5.32 Å². The van der Waals surface area contributed by atoms with Gasteiger partial charge in [0.2, 0.25) is 0 Å². The maximum Gasteiger partial charge on any atom is 0.137 e. The lowest BCUT2D eigenvalue weighted by molar-refractivity contribution is 0.599. The second kappa shape index (κ2) is 6.15. The van der Waals surface area contributed by atoms with Gasteiger partial charge in [-0.3, -0.25) is 0 Å². The third kappa shape index (κ3) is 2.94. The Labute approximate surface area is 123 Å². The number of nitrogens with one attached hydrogen (secondary N) is 1. The molecule has 2 rings (SSSR count). The number of hydrogen-bond acceptors (Lipinski definition) is 2. The molecule has 1 aromatic heterocycles. The Bertz CT molecular complexity index is 544. The van der Waals surface area contributed by atoms with Crippen LogP contribution in [0.4, 0.5) is 4.39 Å². The van der Waals surface area contributed by atoms with Crippen LogP contribution in [0.2, 0.25) is 4.34 Å². The Balaban J connectivity index is 2.44. The van der Waals surface area contributed by atoms with E-state index >= 15 is 0 Å². The summed E-state index contributed by atoms with van der Waals surface area (Å²) in [5, 5.41) is 3.35. The van der Waals surface area contributed by atoms with Crippen LogP contribution in [0.1, 0.15) is 23.4 Å². The predicted molar refractivity (Wildman–Crippen MR) is 78.9 cm³/mol. The van der Waals surface area contributed by atoms with Gasteiger partial charge in [-0.1, -0.05) is 30.7 Å². The van der Waals surface area contributed by atoms with Gasteiger partial charge in [-0.05, 0) is 46.2 Å². The first-order chi connectivity index (χ1) is 8.63. The van der Waals surface area contributed by atoms with E-state index in [1.54, 1.807) is 6.07 Å². The van der Waals surface area contributed by atoms with E-state index in [2.05, 4.69) is 21.2 Å². The zero-order valence-corrected chi connectivity index (χ0v) is 12.9. The van der Waals surface area contributed by atoms with E-state index in [0.717, 1.165) is 21.3 Å². The second-order valence-electron chi connectivity index (χ2n) is 3.78. The molecule has 1 aromatic carbocycles. The van der Waals surface area contributed by atoms with E-state index in [9.17, 15) is 4.39 Å². The molecule has 5 heteroatoms. The van der Waals surface area contributed by atoms with Crippen molar-refractivity contribution in [3.63, 3.8) is 0 Å². The fourth-order valence-corrected chi connectivity index (χ4v) is 3.44. The lowest BCUT2D eigenvalue weighted by Gasteiger charge is -2.18. The summed E-state index contributed by atoms with van der Waals surface area (Å²) in [4.78, 5) is 1.08. The highest BCUT2D eigenvalue weighted by atomic mass is 79.9. The minimum Gasteiger partial charge on any atom is -0.306 e. The van der Waals surface area contributed by atoms with Crippen LogP contribution in [0, 0.1) is 5.82 Å². The molecule has 0 aliphatic rings. The van der Waals surface area contributed by atoms with Crippen molar-refractivity contribution in [1.29, 1.82) is 0 Å². The van der Waals surface area contributed by atoms with Crippen LogP contribution in [0.3, 0.4) is 0 Å². The van der Waals surface area contributed by atoms with Crippen molar-refractivity contribution in [2.75, 3.05) is 6.54 Å². The molecular formula is C13H12BrClFNS. The molecular weight excluding hydrogens is 337 g/mol. The minimum absolute atomic E-state index is 0.0439. The summed E-state index contributed by atoms with van der Waals surface area (Å²) >= 11 is 10.8. The normalized spacial score (nSPS) is 12.7. The van der Waals surface area contributed by atoms with Crippen molar-refractivity contribution in [1.82, 2.24) is 5.32 Å². The van der Waals surface area contributed by atoms with Gasteiger partial charge in [0.05, 0.1) is 14.9 Å². The molecule has 0 amide bonds. The SMILES string of the molecule is CCNC(c1ccc(Cl)s1)c1cccc(F)c1Br. The highest BCUT2D eigenvalue weighted by molar-refractivity contribution is 9.10. The summed E-state index contributed by atoms with van der Waals surface area (Å²) < 4.78 is 14.8. The number of halogens is 3. The predicted octanol–water partition coefficient (Wildman–Crippen LogP) is 5.00. The third-order valence-corrected chi connectivity index (χ3v) is 4.71. The van der Waals surface area contributed by atoms with Crippen LogP contribution in [-0.4, -0.2) is 6.54 Å². The number of thiophene rings is 1. The smallest absolute Gasteiger partial charge is 0.137 e. The van der Waals surface area contributed by atoms with E-state index in [-0.39, 0.29) is 11.9 Å². The molecule has 18 heavy (non-hydrogen) atoms. The maximum atomic E-state index is 13.6. The average molecular weight is 349 g/mol. The molecule has 0 bridgehead atoms. The van der Waals surface area contributed by atoms with Gasteiger partial charge in [0.25, 0.3) is 0 Å². The van der Waals surface area contributed by atoms with Crippen LogP contribution in [0.5, 0.6) is 0 Å². The Kier molecular flexibility index (Phi) is 4.78. The first-order valence-corrected chi connectivity index (χ1v) is 7.54. The molecule has 0 saturated carbocycles. The number of rotatable bonds is 4. The van der Waals surface area contributed by atoms with Crippen LogP contribution >= 0.6 is 38.9 Å². The molecule has 0 spiro atoms. The zero-order valence-electron chi connectivity index (χ0n) is 9.71. The standard InChI is InChI=1S/C13H12BrClFNS/c1-2-17-13(10-6-7-11(15)18-10)8-4-3-5-9(16)12(8)14/h3-7,13,17H,2H2,1H3. The lowest BCUT2D eigenvalue weighted by atomic mass is 10.1. The molecule has 0 fully saturated rings. The molecule has 1 unspecified atom stereocenters. The lowest BCUT2D eigenvalue weighted by Crippen LogP contribution is -2.21. The Morgan fingerprint density at radius 1 is 1.39 bits per heavy atom. The molecule has 2 aromatic rings. The average Bonchev–Trinajstić information content (AvgIpc) is 2.77. The zero-order chi connectivity index (χ0) is 13.1. The van der Waals surface area contributed by atoms with E-state index < -0.39 is 0 Å². The van der Waals surface area contributed by atoms with Gasteiger partial charge in [0.1, 0.15) is 5.82 Å².